The number of rotatable bonds is 4. The van der Waals surface area contributed by atoms with E-state index in [1.807, 2.05) is 0 Å². The third-order valence-electron chi connectivity index (χ3n) is 2.17. The lowest BCUT2D eigenvalue weighted by molar-refractivity contribution is 0.0696. The van der Waals surface area contributed by atoms with Gasteiger partial charge in [0.1, 0.15) is 5.75 Å². The highest BCUT2D eigenvalue weighted by Crippen LogP contribution is 2.25. The van der Waals surface area contributed by atoms with Crippen molar-refractivity contribution in [3.05, 3.63) is 40.5 Å². The highest BCUT2D eigenvalue weighted by molar-refractivity contribution is 9.10. The summed E-state index contributed by atoms with van der Waals surface area (Å²) in [4.78, 5) is 18.8. The van der Waals surface area contributed by atoms with Gasteiger partial charge < -0.3 is 14.6 Å². The van der Waals surface area contributed by atoms with Gasteiger partial charge in [-0.15, -0.1) is 0 Å². The molecule has 1 heterocycles. The van der Waals surface area contributed by atoms with Crippen LogP contribution in [-0.2, 0) is 0 Å². The average Bonchev–Trinajstić information content (AvgIpc) is 2.41. The fourth-order valence-corrected chi connectivity index (χ4v) is 1.68. The number of hydrogen-bond acceptors (Lipinski definition) is 5. The number of ether oxygens (including phenoxy) is 2. The first kappa shape index (κ1) is 13.3. The number of benzene rings is 1. The van der Waals surface area contributed by atoms with Gasteiger partial charge in [-0.2, -0.15) is 4.98 Å². The molecular formula is C12H9BrN2O4. The predicted molar refractivity (Wildman–Crippen MR) is 69.8 cm³/mol. The lowest BCUT2D eigenvalue weighted by atomic mass is 10.2. The monoisotopic (exact) mass is 324 g/mol. The van der Waals surface area contributed by atoms with E-state index in [2.05, 4.69) is 25.9 Å². The van der Waals surface area contributed by atoms with Gasteiger partial charge >= 0.3 is 12.0 Å². The van der Waals surface area contributed by atoms with Crippen molar-refractivity contribution in [1.82, 2.24) is 9.97 Å². The van der Waals surface area contributed by atoms with Gasteiger partial charge in [0.25, 0.3) is 0 Å². The Bertz CT molecular complexity index is 618. The van der Waals surface area contributed by atoms with E-state index in [0.717, 1.165) is 0 Å². The molecule has 19 heavy (non-hydrogen) atoms. The minimum atomic E-state index is -1.03. The molecule has 0 aliphatic carbocycles. The summed E-state index contributed by atoms with van der Waals surface area (Å²) in [6.07, 6.45) is 1.49. The number of carboxylic acid groups (broad SMARTS) is 1. The zero-order chi connectivity index (χ0) is 13.8. The number of methoxy groups -OCH3 is 1. The number of carbonyl (C=O) groups is 1. The molecule has 98 valence electrons. The first-order valence-electron chi connectivity index (χ1n) is 5.18. The summed E-state index contributed by atoms with van der Waals surface area (Å²) < 4.78 is 11.0. The van der Waals surface area contributed by atoms with Gasteiger partial charge in [-0.3, -0.25) is 0 Å². The first-order chi connectivity index (χ1) is 9.10. The Balaban J connectivity index is 2.26. The van der Waals surface area contributed by atoms with E-state index in [-0.39, 0.29) is 11.6 Å². The standard InChI is InChI=1S/C12H9BrN2O4/c1-18-10-9(13)6-14-12(15-10)19-8-4-2-3-7(5-8)11(16)17/h2-6H,1H3,(H,16,17). The van der Waals surface area contributed by atoms with Crippen LogP contribution in [0.3, 0.4) is 0 Å². The second kappa shape index (κ2) is 5.66. The van der Waals surface area contributed by atoms with E-state index in [0.29, 0.717) is 16.1 Å². The smallest absolute Gasteiger partial charge is 0.335 e. The molecule has 0 amide bonds. The zero-order valence-electron chi connectivity index (χ0n) is 9.83. The van der Waals surface area contributed by atoms with Crippen LogP contribution in [0.1, 0.15) is 10.4 Å². The molecule has 0 saturated carbocycles. The van der Waals surface area contributed by atoms with E-state index in [9.17, 15) is 4.79 Å². The second-order valence-corrected chi connectivity index (χ2v) is 4.30. The van der Waals surface area contributed by atoms with Crippen LogP contribution < -0.4 is 9.47 Å². The van der Waals surface area contributed by atoms with Gasteiger partial charge in [0.05, 0.1) is 23.3 Å². The zero-order valence-corrected chi connectivity index (χ0v) is 11.4. The van der Waals surface area contributed by atoms with Gasteiger partial charge in [-0.05, 0) is 34.1 Å². The molecule has 0 radical (unpaired) electrons. The normalized spacial score (nSPS) is 10.0. The number of hydrogen-bond donors (Lipinski definition) is 1. The minimum absolute atomic E-state index is 0.0718. The van der Waals surface area contributed by atoms with Crippen molar-refractivity contribution in [2.24, 2.45) is 0 Å². The topological polar surface area (TPSA) is 81.5 Å². The largest absolute Gasteiger partial charge is 0.480 e. The first-order valence-corrected chi connectivity index (χ1v) is 5.97. The van der Waals surface area contributed by atoms with Crippen molar-refractivity contribution < 1.29 is 19.4 Å². The fraction of sp³-hybridized carbons (Fsp3) is 0.0833. The summed E-state index contributed by atoms with van der Waals surface area (Å²) in [5.74, 6) is -0.358. The van der Waals surface area contributed by atoms with E-state index in [1.165, 1.54) is 25.4 Å². The third kappa shape index (κ3) is 3.19. The minimum Gasteiger partial charge on any atom is -0.480 e. The molecule has 2 aromatic rings. The molecule has 0 spiro atoms. The molecule has 0 unspecified atom stereocenters. The van der Waals surface area contributed by atoms with Crippen molar-refractivity contribution in [1.29, 1.82) is 0 Å². The Labute approximate surface area is 117 Å². The highest BCUT2D eigenvalue weighted by atomic mass is 79.9. The molecule has 0 fully saturated rings. The van der Waals surface area contributed by atoms with Crippen molar-refractivity contribution in [3.63, 3.8) is 0 Å². The van der Waals surface area contributed by atoms with Crippen molar-refractivity contribution in [3.8, 4) is 17.6 Å². The van der Waals surface area contributed by atoms with E-state index >= 15 is 0 Å². The Hall–Kier alpha value is -2.15. The van der Waals surface area contributed by atoms with E-state index < -0.39 is 5.97 Å². The molecule has 0 atom stereocenters. The summed E-state index contributed by atoms with van der Waals surface area (Å²) in [6.45, 7) is 0. The number of carboxylic acids is 1. The molecule has 2 rings (SSSR count). The van der Waals surface area contributed by atoms with Crippen LogP contribution in [0.25, 0.3) is 0 Å². The van der Waals surface area contributed by atoms with Gasteiger partial charge in [0.2, 0.25) is 5.88 Å². The maximum atomic E-state index is 10.8. The molecule has 6 nitrogen and oxygen atoms in total. The van der Waals surface area contributed by atoms with Crippen LogP contribution in [0.15, 0.2) is 34.9 Å². The van der Waals surface area contributed by atoms with Gasteiger partial charge in [-0.25, -0.2) is 9.78 Å². The molecular weight excluding hydrogens is 316 g/mol. The number of aromatic carboxylic acids is 1. The molecule has 0 aliphatic rings. The molecule has 0 aliphatic heterocycles. The second-order valence-electron chi connectivity index (χ2n) is 3.44. The summed E-state index contributed by atoms with van der Waals surface area (Å²) in [5, 5.41) is 8.88. The highest BCUT2D eigenvalue weighted by Gasteiger charge is 2.09. The molecule has 0 saturated heterocycles. The third-order valence-corrected chi connectivity index (χ3v) is 2.72. The predicted octanol–water partition coefficient (Wildman–Crippen LogP) is 2.74. The Kier molecular flexibility index (Phi) is 3.96. The number of nitrogens with zero attached hydrogens (tertiary/aromatic N) is 2. The van der Waals surface area contributed by atoms with Crippen LogP contribution >= 0.6 is 15.9 Å². The Morgan fingerprint density at radius 3 is 2.89 bits per heavy atom. The number of halogens is 1. The van der Waals surface area contributed by atoms with Crippen LogP contribution in [-0.4, -0.2) is 28.2 Å². The SMILES string of the molecule is COc1nc(Oc2cccc(C(=O)O)c2)ncc1Br. The summed E-state index contributed by atoms with van der Waals surface area (Å²) in [7, 11) is 1.47. The Morgan fingerprint density at radius 2 is 2.21 bits per heavy atom. The molecule has 1 aromatic carbocycles. The van der Waals surface area contributed by atoms with Crippen molar-refractivity contribution >= 4 is 21.9 Å². The van der Waals surface area contributed by atoms with Gasteiger partial charge in [0, 0.05) is 0 Å². The molecule has 7 heteroatoms. The summed E-state index contributed by atoms with van der Waals surface area (Å²) in [6, 6.07) is 6.13. The quantitative estimate of drug-likeness (QED) is 0.931. The molecule has 1 aromatic heterocycles. The van der Waals surface area contributed by atoms with Crippen LogP contribution in [0.4, 0.5) is 0 Å². The fourth-order valence-electron chi connectivity index (χ4n) is 1.33. The lowest BCUT2D eigenvalue weighted by Gasteiger charge is -2.06. The maximum absolute atomic E-state index is 10.8. The van der Waals surface area contributed by atoms with Crippen LogP contribution in [0.5, 0.6) is 17.6 Å². The average molecular weight is 325 g/mol. The number of aromatic nitrogens is 2. The Morgan fingerprint density at radius 1 is 1.42 bits per heavy atom. The van der Waals surface area contributed by atoms with Gasteiger partial charge in [0.15, 0.2) is 0 Å². The summed E-state index contributed by atoms with van der Waals surface area (Å²) >= 11 is 3.22. The van der Waals surface area contributed by atoms with E-state index in [1.54, 1.807) is 12.1 Å². The molecule has 0 bridgehead atoms. The van der Waals surface area contributed by atoms with Gasteiger partial charge in [-0.1, -0.05) is 6.07 Å². The van der Waals surface area contributed by atoms with Crippen molar-refractivity contribution in [2.45, 2.75) is 0 Å². The van der Waals surface area contributed by atoms with Crippen molar-refractivity contribution in [2.75, 3.05) is 7.11 Å². The summed E-state index contributed by atoms with van der Waals surface area (Å²) in [5.41, 5.74) is 0.126. The maximum Gasteiger partial charge on any atom is 0.335 e. The van der Waals surface area contributed by atoms with Crippen LogP contribution in [0.2, 0.25) is 0 Å². The van der Waals surface area contributed by atoms with E-state index in [4.69, 9.17) is 14.6 Å². The molecule has 1 N–H and O–H groups in total. The lowest BCUT2D eigenvalue weighted by Crippen LogP contribution is -1.98. The van der Waals surface area contributed by atoms with Crippen LogP contribution in [0, 0.1) is 0 Å².